The van der Waals surface area contributed by atoms with Gasteiger partial charge in [0.1, 0.15) is 6.04 Å². The largest absolute Gasteiger partial charge is 0.354 e. The molecule has 0 bridgehead atoms. The summed E-state index contributed by atoms with van der Waals surface area (Å²) in [5.74, 6) is -0.128. The second kappa shape index (κ2) is 5.82. The molecule has 0 saturated carbocycles. The van der Waals surface area contributed by atoms with Crippen LogP contribution in [0.2, 0.25) is 0 Å². The summed E-state index contributed by atoms with van der Waals surface area (Å²) in [5, 5.41) is 7.56. The zero-order valence-corrected chi connectivity index (χ0v) is 10.4. The highest BCUT2D eigenvalue weighted by Gasteiger charge is 2.22. The van der Waals surface area contributed by atoms with Crippen molar-refractivity contribution >= 4 is 23.2 Å². The number of hydrogen-bond acceptors (Lipinski definition) is 3. The Hall–Kier alpha value is -1.36. The van der Waals surface area contributed by atoms with Crippen LogP contribution in [0.1, 0.15) is 24.1 Å². The molecule has 4 nitrogen and oxygen atoms in total. The highest BCUT2D eigenvalue weighted by Crippen LogP contribution is 2.10. The standard InChI is InChI=1S/C12H16N2O2S/c15-11(8-9-4-3-7-17-9)14-10-5-1-2-6-13-12(10)16/h3-4,7,10H,1-2,5-6,8H2,(H,13,16)(H,14,15)/t10-/m1/s1. The van der Waals surface area contributed by atoms with Gasteiger partial charge in [0.15, 0.2) is 0 Å². The number of carbonyl (C=O) groups is 2. The molecular weight excluding hydrogens is 236 g/mol. The van der Waals surface area contributed by atoms with Gasteiger partial charge in [0.2, 0.25) is 11.8 Å². The summed E-state index contributed by atoms with van der Waals surface area (Å²) in [5.41, 5.74) is 0. The van der Waals surface area contributed by atoms with E-state index in [1.54, 1.807) is 11.3 Å². The van der Waals surface area contributed by atoms with Gasteiger partial charge >= 0.3 is 0 Å². The molecule has 0 unspecified atom stereocenters. The van der Waals surface area contributed by atoms with Crippen molar-refractivity contribution in [1.29, 1.82) is 0 Å². The minimum atomic E-state index is -0.357. The van der Waals surface area contributed by atoms with Crippen molar-refractivity contribution in [3.63, 3.8) is 0 Å². The second-order valence-corrected chi connectivity index (χ2v) is 5.20. The van der Waals surface area contributed by atoms with Crippen molar-refractivity contribution in [2.24, 2.45) is 0 Å². The third-order valence-electron chi connectivity index (χ3n) is 2.79. The van der Waals surface area contributed by atoms with Gasteiger partial charge in [0, 0.05) is 11.4 Å². The molecule has 1 aliphatic rings. The van der Waals surface area contributed by atoms with Crippen molar-refractivity contribution in [2.45, 2.75) is 31.7 Å². The fourth-order valence-corrected chi connectivity index (χ4v) is 2.60. The molecule has 5 heteroatoms. The summed E-state index contributed by atoms with van der Waals surface area (Å²) >= 11 is 1.56. The van der Waals surface area contributed by atoms with Crippen LogP contribution in [0.15, 0.2) is 17.5 Å². The minimum Gasteiger partial charge on any atom is -0.354 e. The van der Waals surface area contributed by atoms with E-state index < -0.39 is 0 Å². The molecule has 1 aromatic rings. The lowest BCUT2D eigenvalue weighted by Crippen LogP contribution is -2.45. The number of rotatable bonds is 3. The zero-order chi connectivity index (χ0) is 12.1. The number of thiophene rings is 1. The number of nitrogens with one attached hydrogen (secondary N) is 2. The van der Waals surface area contributed by atoms with Crippen LogP contribution in [0.25, 0.3) is 0 Å². The first-order valence-electron chi connectivity index (χ1n) is 5.85. The summed E-state index contributed by atoms with van der Waals surface area (Å²) in [7, 11) is 0. The summed E-state index contributed by atoms with van der Waals surface area (Å²) in [6, 6.07) is 3.49. The van der Waals surface area contributed by atoms with Crippen LogP contribution in [0.4, 0.5) is 0 Å². The van der Waals surface area contributed by atoms with E-state index >= 15 is 0 Å². The SMILES string of the molecule is O=C(Cc1cccs1)N[C@@H]1CCCCNC1=O. The number of hydrogen-bond donors (Lipinski definition) is 2. The van der Waals surface area contributed by atoms with E-state index in [9.17, 15) is 9.59 Å². The molecule has 1 aromatic heterocycles. The lowest BCUT2D eigenvalue weighted by atomic mass is 10.1. The lowest BCUT2D eigenvalue weighted by Gasteiger charge is -2.14. The molecule has 2 N–H and O–H groups in total. The van der Waals surface area contributed by atoms with Gasteiger partial charge in [-0.25, -0.2) is 0 Å². The van der Waals surface area contributed by atoms with Crippen molar-refractivity contribution in [1.82, 2.24) is 10.6 Å². The van der Waals surface area contributed by atoms with Gasteiger partial charge < -0.3 is 10.6 Å². The first-order valence-corrected chi connectivity index (χ1v) is 6.73. The Labute approximate surface area is 104 Å². The third kappa shape index (κ3) is 3.56. The van der Waals surface area contributed by atoms with Crippen LogP contribution in [-0.4, -0.2) is 24.4 Å². The van der Waals surface area contributed by atoms with Crippen LogP contribution in [0.5, 0.6) is 0 Å². The van der Waals surface area contributed by atoms with Gasteiger partial charge in [-0.3, -0.25) is 9.59 Å². The average Bonchev–Trinajstić information content (AvgIpc) is 2.71. The minimum absolute atomic E-state index is 0.0537. The topological polar surface area (TPSA) is 58.2 Å². The first-order chi connectivity index (χ1) is 8.25. The van der Waals surface area contributed by atoms with E-state index in [4.69, 9.17) is 0 Å². The van der Waals surface area contributed by atoms with Gasteiger partial charge in [0.25, 0.3) is 0 Å². The predicted octanol–water partition coefficient (Wildman–Crippen LogP) is 1.08. The molecule has 1 atom stereocenters. The fourth-order valence-electron chi connectivity index (χ4n) is 1.89. The molecule has 2 rings (SSSR count). The quantitative estimate of drug-likeness (QED) is 0.845. The lowest BCUT2D eigenvalue weighted by molar-refractivity contribution is -0.128. The number of amides is 2. The molecule has 1 aliphatic heterocycles. The fraction of sp³-hybridized carbons (Fsp3) is 0.500. The normalized spacial score (nSPS) is 20.5. The summed E-state index contributed by atoms with van der Waals surface area (Å²) in [6.45, 7) is 0.718. The molecule has 2 amide bonds. The third-order valence-corrected chi connectivity index (χ3v) is 3.66. The number of carbonyl (C=O) groups excluding carboxylic acids is 2. The molecule has 1 fully saturated rings. The Balaban J connectivity index is 1.86. The Bertz CT molecular complexity index is 389. The van der Waals surface area contributed by atoms with Crippen molar-refractivity contribution in [3.8, 4) is 0 Å². The molecule has 1 saturated heterocycles. The van der Waals surface area contributed by atoms with Crippen LogP contribution in [-0.2, 0) is 16.0 Å². The Kier molecular flexibility index (Phi) is 4.14. The molecule has 0 spiro atoms. The van der Waals surface area contributed by atoms with E-state index in [0.29, 0.717) is 6.42 Å². The van der Waals surface area contributed by atoms with E-state index in [0.717, 1.165) is 30.7 Å². The van der Waals surface area contributed by atoms with E-state index in [1.807, 2.05) is 17.5 Å². The molecule has 0 aliphatic carbocycles. The first kappa shape index (κ1) is 12.1. The van der Waals surface area contributed by atoms with Crippen molar-refractivity contribution < 1.29 is 9.59 Å². The van der Waals surface area contributed by atoms with Crippen LogP contribution in [0.3, 0.4) is 0 Å². The van der Waals surface area contributed by atoms with Crippen LogP contribution < -0.4 is 10.6 Å². The van der Waals surface area contributed by atoms with Gasteiger partial charge in [-0.05, 0) is 30.7 Å². The maximum absolute atomic E-state index is 11.8. The molecule has 0 aromatic carbocycles. The van der Waals surface area contributed by atoms with E-state index in [1.165, 1.54) is 0 Å². The molecule has 0 radical (unpaired) electrons. The molecular formula is C12H16N2O2S. The Morgan fingerprint density at radius 2 is 2.41 bits per heavy atom. The van der Waals surface area contributed by atoms with Crippen LogP contribution >= 0.6 is 11.3 Å². The van der Waals surface area contributed by atoms with Crippen molar-refractivity contribution in [3.05, 3.63) is 22.4 Å². The summed E-state index contributed by atoms with van der Waals surface area (Å²) in [4.78, 5) is 24.4. The smallest absolute Gasteiger partial charge is 0.242 e. The summed E-state index contributed by atoms with van der Waals surface area (Å²) < 4.78 is 0. The molecule has 2 heterocycles. The summed E-state index contributed by atoms with van der Waals surface area (Å²) in [6.07, 6.45) is 3.06. The maximum Gasteiger partial charge on any atom is 0.242 e. The zero-order valence-electron chi connectivity index (χ0n) is 9.57. The second-order valence-electron chi connectivity index (χ2n) is 4.16. The van der Waals surface area contributed by atoms with E-state index in [-0.39, 0.29) is 17.9 Å². The highest BCUT2D eigenvalue weighted by atomic mass is 32.1. The van der Waals surface area contributed by atoms with Gasteiger partial charge in [-0.15, -0.1) is 11.3 Å². The maximum atomic E-state index is 11.8. The van der Waals surface area contributed by atoms with Crippen molar-refractivity contribution in [2.75, 3.05) is 6.54 Å². The van der Waals surface area contributed by atoms with Gasteiger partial charge in [-0.2, -0.15) is 0 Å². The predicted molar refractivity (Wildman–Crippen MR) is 66.8 cm³/mol. The van der Waals surface area contributed by atoms with Crippen LogP contribution in [0, 0.1) is 0 Å². The highest BCUT2D eigenvalue weighted by molar-refractivity contribution is 7.10. The Morgan fingerprint density at radius 1 is 1.53 bits per heavy atom. The molecule has 17 heavy (non-hydrogen) atoms. The average molecular weight is 252 g/mol. The Morgan fingerprint density at radius 3 is 3.18 bits per heavy atom. The van der Waals surface area contributed by atoms with E-state index in [2.05, 4.69) is 10.6 Å². The molecule has 92 valence electrons. The monoisotopic (exact) mass is 252 g/mol. The van der Waals surface area contributed by atoms with Gasteiger partial charge in [0.05, 0.1) is 6.42 Å². The van der Waals surface area contributed by atoms with Gasteiger partial charge in [-0.1, -0.05) is 6.07 Å².